The Bertz CT molecular complexity index is 944. The number of hydrogen-bond donors (Lipinski definition) is 1. The van der Waals surface area contributed by atoms with Gasteiger partial charge in [-0.3, -0.25) is 14.4 Å². The summed E-state index contributed by atoms with van der Waals surface area (Å²) in [5.41, 5.74) is 1.03. The van der Waals surface area contributed by atoms with Crippen molar-refractivity contribution in [1.82, 2.24) is 10.2 Å². The summed E-state index contributed by atoms with van der Waals surface area (Å²) in [6.45, 7) is 2.88. The Morgan fingerprint density at radius 1 is 1.20 bits per heavy atom. The summed E-state index contributed by atoms with van der Waals surface area (Å²) in [6.07, 6.45) is 2.78. The molecule has 1 aromatic carbocycles. The molecule has 0 unspecified atom stereocenters. The zero-order chi connectivity index (χ0) is 21.7. The van der Waals surface area contributed by atoms with Crippen LogP contribution in [0.5, 0.6) is 0 Å². The van der Waals surface area contributed by atoms with Gasteiger partial charge in [-0.05, 0) is 55.9 Å². The van der Waals surface area contributed by atoms with Crippen LogP contribution in [-0.4, -0.2) is 35.6 Å². The molecule has 1 aliphatic rings. The second-order valence-corrected chi connectivity index (χ2v) is 8.49. The molecule has 8 heteroatoms. The largest absolute Gasteiger partial charge is 0.352 e. The van der Waals surface area contributed by atoms with Gasteiger partial charge >= 0.3 is 0 Å². The van der Waals surface area contributed by atoms with Crippen LogP contribution in [-0.2, 0) is 11.3 Å². The summed E-state index contributed by atoms with van der Waals surface area (Å²) in [5.74, 6) is -1.91. The van der Waals surface area contributed by atoms with E-state index in [2.05, 4.69) is 5.32 Å². The molecule has 160 valence electrons. The zero-order valence-corrected chi connectivity index (χ0v) is 17.6. The normalized spacial score (nSPS) is 16.4. The molecule has 1 N–H and O–H groups in total. The lowest BCUT2D eigenvalue weighted by Gasteiger charge is -2.32. The van der Waals surface area contributed by atoms with Crippen LogP contribution in [0.25, 0.3) is 0 Å². The van der Waals surface area contributed by atoms with E-state index in [1.165, 1.54) is 24.3 Å². The molecule has 0 aliphatic carbocycles. The summed E-state index contributed by atoms with van der Waals surface area (Å²) in [7, 11) is 0. The highest BCUT2D eigenvalue weighted by Crippen LogP contribution is 2.24. The number of thiophene rings is 1. The van der Waals surface area contributed by atoms with Gasteiger partial charge < -0.3 is 10.2 Å². The van der Waals surface area contributed by atoms with Crippen LogP contribution in [0.15, 0.2) is 29.6 Å². The molecule has 1 aromatic heterocycles. The predicted octanol–water partition coefficient (Wildman–Crippen LogP) is 4.18. The van der Waals surface area contributed by atoms with E-state index >= 15 is 0 Å². The number of nitrogens with zero attached hydrogens (tertiary/aromatic N) is 1. The molecule has 1 fully saturated rings. The quantitative estimate of drug-likeness (QED) is 0.665. The lowest BCUT2D eigenvalue weighted by atomic mass is 9.93. The molecule has 5 nitrogen and oxygen atoms in total. The van der Waals surface area contributed by atoms with Crippen molar-refractivity contribution in [3.05, 3.63) is 57.3 Å². The van der Waals surface area contributed by atoms with Gasteiger partial charge in [-0.15, -0.1) is 11.3 Å². The van der Waals surface area contributed by atoms with Gasteiger partial charge in [-0.25, -0.2) is 8.78 Å². The van der Waals surface area contributed by atoms with Crippen LogP contribution in [0.3, 0.4) is 0 Å². The summed E-state index contributed by atoms with van der Waals surface area (Å²) >= 11 is 1.28. The Kier molecular flexibility index (Phi) is 7.31. The number of benzene rings is 1. The van der Waals surface area contributed by atoms with Crippen molar-refractivity contribution in [3.63, 3.8) is 0 Å². The van der Waals surface area contributed by atoms with Gasteiger partial charge in [-0.2, -0.15) is 0 Å². The van der Waals surface area contributed by atoms with Gasteiger partial charge in [0, 0.05) is 31.4 Å². The number of rotatable bonds is 7. The number of ketones is 1. The Hall–Kier alpha value is -2.61. The highest BCUT2D eigenvalue weighted by atomic mass is 32.1. The van der Waals surface area contributed by atoms with Gasteiger partial charge in [0.2, 0.25) is 5.91 Å². The second-order valence-electron chi connectivity index (χ2n) is 7.58. The fraction of sp³-hybridized carbons (Fsp3) is 0.409. The van der Waals surface area contributed by atoms with Crippen molar-refractivity contribution < 1.29 is 23.2 Å². The monoisotopic (exact) mass is 434 g/mol. The van der Waals surface area contributed by atoms with Crippen LogP contribution in [0, 0.1) is 17.6 Å². The molecule has 0 radical (unpaired) electrons. The van der Waals surface area contributed by atoms with E-state index in [1.54, 1.807) is 16.3 Å². The minimum atomic E-state index is -0.935. The van der Waals surface area contributed by atoms with Crippen molar-refractivity contribution >= 4 is 28.9 Å². The lowest BCUT2D eigenvalue weighted by Crippen LogP contribution is -2.40. The Labute approximate surface area is 178 Å². The minimum absolute atomic E-state index is 0.0510. The Morgan fingerprint density at radius 2 is 2.00 bits per heavy atom. The van der Waals surface area contributed by atoms with Crippen LogP contribution < -0.4 is 5.32 Å². The van der Waals surface area contributed by atoms with Crippen LogP contribution >= 0.6 is 11.3 Å². The maximum Gasteiger partial charge on any atom is 0.254 e. The molecule has 0 spiro atoms. The van der Waals surface area contributed by atoms with E-state index in [0.29, 0.717) is 41.9 Å². The molecule has 0 saturated carbocycles. The number of carbonyl (C=O) groups is 3. The maximum absolute atomic E-state index is 13.2. The minimum Gasteiger partial charge on any atom is -0.352 e. The first-order valence-corrected chi connectivity index (χ1v) is 10.8. The Morgan fingerprint density at radius 3 is 2.70 bits per heavy atom. The molecule has 2 aromatic rings. The van der Waals surface area contributed by atoms with E-state index in [9.17, 15) is 23.2 Å². The number of carbonyl (C=O) groups excluding carboxylic acids is 3. The second kappa shape index (κ2) is 9.93. The van der Waals surface area contributed by atoms with E-state index in [4.69, 9.17) is 0 Å². The maximum atomic E-state index is 13.2. The van der Waals surface area contributed by atoms with Gasteiger partial charge in [0.25, 0.3) is 5.91 Å². The fourth-order valence-electron chi connectivity index (χ4n) is 3.57. The summed E-state index contributed by atoms with van der Waals surface area (Å²) in [4.78, 5) is 38.7. The first-order valence-electron chi connectivity index (χ1n) is 9.93. The highest BCUT2D eigenvalue weighted by molar-refractivity contribution is 7.12. The SMILES string of the molecule is CC(=O)c1cc(C(=O)N2CCC[C@@H](CCC(=O)NCc3ccc(F)c(F)c3)C2)cs1. The molecule has 0 bridgehead atoms. The first kappa shape index (κ1) is 22.1. The molecule has 1 saturated heterocycles. The summed E-state index contributed by atoms with van der Waals surface area (Å²) in [5, 5.41) is 4.44. The van der Waals surface area contributed by atoms with Crippen molar-refractivity contribution in [2.45, 2.75) is 39.2 Å². The third-order valence-corrected chi connectivity index (χ3v) is 6.28. The molecular weight excluding hydrogens is 410 g/mol. The predicted molar refractivity (Wildman–Crippen MR) is 110 cm³/mol. The first-order chi connectivity index (χ1) is 14.3. The van der Waals surface area contributed by atoms with Crippen molar-refractivity contribution in [1.29, 1.82) is 0 Å². The number of amides is 2. The summed E-state index contributed by atoms with van der Waals surface area (Å²) in [6, 6.07) is 5.19. The van der Waals surface area contributed by atoms with Crippen molar-refractivity contribution in [2.75, 3.05) is 13.1 Å². The number of Topliss-reactive ketones (excluding diaryl/α,β-unsaturated/α-hetero) is 1. The average molecular weight is 435 g/mol. The molecular formula is C22H24F2N2O3S. The highest BCUT2D eigenvalue weighted by Gasteiger charge is 2.25. The molecule has 2 heterocycles. The third kappa shape index (κ3) is 5.72. The van der Waals surface area contributed by atoms with Crippen molar-refractivity contribution in [3.8, 4) is 0 Å². The van der Waals surface area contributed by atoms with Gasteiger partial charge in [0.05, 0.1) is 10.4 Å². The number of nitrogens with one attached hydrogen (secondary N) is 1. The topological polar surface area (TPSA) is 66.5 Å². The number of hydrogen-bond acceptors (Lipinski definition) is 4. The Balaban J connectivity index is 1.46. The van der Waals surface area contributed by atoms with E-state index in [-0.39, 0.29) is 30.1 Å². The third-order valence-electron chi connectivity index (χ3n) is 5.25. The standard InChI is InChI=1S/C22H24F2N2O3S/c1-14(27)20-10-17(13-30-20)22(29)26-8-2-3-15(12-26)5-7-21(28)25-11-16-4-6-18(23)19(24)9-16/h4,6,9-10,13,15H,2-3,5,7-8,11-12H2,1H3,(H,25,28)/t15-/m0/s1. The smallest absolute Gasteiger partial charge is 0.254 e. The fourth-order valence-corrected chi connectivity index (χ4v) is 4.36. The van der Waals surface area contributed by atoms with E-state index in [1.807, 2.05) is 0 Å². The molecule has 30 heavy (non-hydrogen) atoms. The summed E-state index contributed by atoms with van der Waals surface area (Å²) < 4.78 is 26.2. The zero-order valence-electron chi connectivity index (χ0n) is 16.7. The van der Waals surface area contributed by atoms with Crippen LogP contribution in [0.4, 0.5) is 8.78 Å². The molecule has 1 atom stereocenters. The van der Waals surface area contributed by atoms with Gasteiger partial charge in [-0.1, -0.05) is 6.07 Å². The number of piperidine rings is 1. The molecule has 1 aliphatic heterocycles. The molecule has 2 amide bonds. The number of halogens is 2. The van der Waals surface area contributed by atoms with Crippen LogP contribution in [0.2, 0.25) is 0 Å². The van der Waals surface area contributed by atoms with Crippen molar-refractivity contribution in [2.24, 2.45) is 5.92 Å². The van der Waals surface area contributed by atoms with E-state index < -0.39 is 11.6 Å². The molecule has 3 rings (SSSR count). The number of likely N-dealkylation sites (tertiary alicyclic amines) is 1. The lowest BCUT2D eigenvalue weighted by molar-refractivity contribution is -0.121. The van der Waals surface area contributed by atoms with E-state index in [0.717, 1.165) is 25.0 Å². The van der Waals surface area contributed by atoms with Gasteiger partial charge in [0.1, 0.15) is 0 Å². The van der Waals surface area contributed by atoms with Crippen LogP contribution in [0.1, 0.15) is 58.2 Å². The average Bonchev–Trinajstić information content (AvgIpc) is 3.23. The van der Waals surface area contributed by atoms with Gasteiger partial charge in [0.15, 0.2) is 17.4 Å².